The first-order chi connectivity index (χ1) is 9.97. The standard InChI is InChI=1S/C14H12FNO4S/c15-10-5-3-9(4-6-10)8-11-13(19)16(14(20)21-11)7-1-2-12(17)18/h3-6,8H,1-2,7H2,(H,17,18). The normalized spacial score (nSPS) is 16.8. The van der Waals surface area contributed by atoms with Gasteiger partial charge in [-0.2, -0.15) is 0 Å². The van der Waals surface area contributed by atoms with E-state index in [9.17, 15) is 18.8 Å². The zero-order valence-electron chi connectivity index (χ0n) is 10.9. The molecule has 5 nitrogen and oxygen atoms in total. The van der Waals surface area contributed by atoms with Gasteiger partial charge in [-0.15, -0.1) is 0 Å². The lowest BCUT2D eigenvalue weighted by Crippen LogP contribution is -2.29. The Morgan fingerprint density at radius 2 is 1.95 bits per heavy atom. The maximum absolute atomic E-state index is 12.8. The molecule has 0 unspecified atom stereocenters. The summed E-state index contributed by atoms with van der Waals surface area (Å²) in [5.74, 6) is -1.79. The number of carbonyl (C=O) groups excluding carboxylic acids is 2. The van der Waals surface area contributed by atoms with Crippen LogP contribution in [0.2, 0.25) is 0 Å². The molecule has 0 bridgehead atoms. The smallest absolute Gasteiger partial charge is 0.303 e. The fraction of sp³-hybridized carbons (Fsp3) is 0.214. The van der Waals surface area contributed by atoms with Gasteiger partial charge in [0.25, 0.3) is 11.1 Å². The molecule has 0 spiro atoms. The summed E-state index contributed by atoms with van der Waals surface area (Å²) in [6.45, 7) is 0.0811. The molecule has 0 radical (unpaired) electrons. The highest BCUT2D eigenvalue weighted by Crippen LogP contribution is 2.32. The van der Waals surface area contributed by atoms with E-state index >= 15 is 0 Å². The molecule has 1 aliphatic heterocycles. The number of carbonyl (C=O) groups is 3. The molecule has 2 rings (SSSR count). The maximum Gasteiger partial charge on any atom is 0.303 e. The molecule has 21 heavy (non-hydrogen) atoms. The Kier molecular flexibility index (Phi) is 4.74. The Bertz CT molecular complexity index is 612. The van der Waals surface area contributed by atoms with E-state index in [1.807, 2.05) is 0 Å². The van der Waals surface area contributed by atoms with Gasteiger partial charge in [-0.3, -0.25) is 19.3 Å². The molecule has 1 aliphatic rings. The third-order valence-electron chi connectivity index (χ3n) is 2.81. The first kappa shape index (κ1) is 15.2. The molecule has 0 atom stereocenters. The number of carboxylic acids is 1. The quantitative estimate of drug-likeness (QED) is 0.846. The number of rotatable bonds is 5. The van der Waals surface area contributed by atoms with Crippen molar-refractivity contribution in [3.8, 4) is 0 Å². The molecule has 1 N–H and O–H groups in total. The molecule has 1 heterocycles. The zero-order chi connectivity index (χ0) is 15.4. The molecule has 7 heteroatoms. The third kappa shape index (κ3) is 3.91. The maximum atomic E-state index is 12.8. The van der Waals surface area contributed by atoms with Crippen molar-refractivity contribution in [2.75, 3.05) is 6.54 Å². The van der Waals surface area contributed by atoms with Gasteiger partial charge < -0.3 is 5.11 Å². The average molecular weight is 309 g/mol. The zero-order valence-corrected chi connectivity index (χ0v) is 11.7. The van der Waals surface area contributed by atoms with Gasteiger partial charge in [0.2, 0.25) is 0 Å². The Morgan fingerprint density at radius 1 is 1.29 bits per heavy atom. The summed E-state index contributed by atoms with van der Waals surface area (Å²) in [5.41, 5.74) is 0.618. The topological polar surface area (TPSA) is 74.7 Å². The van der Waals surface area contributed by atoms with Gasteiger partial charge in [0.15, 0.2) is 0 Å². The molecule has 1 saturated heterocycles. The number of thioether (sulfide) groups is 1. The van der Waals surface area contributed by atoms with Crippen molar-refractivity contribution in [3.05, 3.63) is 40.6 Å². The Balaban J connectivity index is 2.06. The SMILES string of the molecule is O=C(O)CCCN1C(=O)SC(=Cc2ccc(F)cc2)C1=O. The highest BCUT2D eigenvalue weighted by Gasteiger charge is 2.34. The van der Waals surface area contributed by atoms with E-state index in [0.29, 0.717) is 5.56 Å². The summed E-state index contributed by atoms with van der Waals surface area (Å²) in [5, 5.41) is 8.14. The molecule has 1 aromatic rings. The molecular weight excluding hydrogens is 297 g/mol. The van der Waals surface area contributed by atoms with E-state index in [2.05, 4.69) is 0 Å². The van der Waals surface area contributed by atoms with E-state index in [4.69, 9.17) is 5.11 Å². The number of carboxylic acid groups (broad SMARTS) is 1. The lowest BCUT2D eigenvalue weighted by atomic mass is 10.2. The van der Waals surface area contributed by atoms with Crippen molar-refractivity contribution in [3.63, 3.8) is 0 Å². The van der Waals surface area contributed by atoms with Crippen molar-refractivity contribution in [2.24, 2.45) is 0 Å². The fourth-order valence-corrected chi connectivity index (χ4v) is 2.66. The van der Waals surface area contributed by atoms with Crippen LogP contribution in [0.5, 0.6) is 0 Å². The predicted molar refractivity (Wildman–Crippen MR) is 75.9 cm³/mol. The second-order valence-corrected chi connectivity index (χ2v) is 5.38. The van der Waals surface area contributed by atoms with E-state index in [0.717, 1.165) is 16.7 Å². The van der Waals surface area contributed by atoms with Crippen LogP contribution in [0.4, 0.5) is 9.18 Å². The molecule has 2 amide bonds. The van der Waals surface area contributed by atoms with Gasteiger partial charge in [-0.05, 0) is 42.0 Å². The number of amides is 2. The minimum absolute atomic E-state index is 0.0811. The van der Waals surface area contributed by atoms with Crippen LogP contribution in [0, 0.1) is 5.82 Å². The van der Waals surface area contributed by atoms with Gasteiger partial charge >= 0.3 is 5.97 Å². The number of aliphatic carboxylic acids is 1. The van der Waals surface area contributed by atoms with Crippen molar-refractivity contribution in [1.82, 2.24) is 4.90 Å². The number of hydrogen-bond donors (Lipinski definition) is 1. The van der Waals surface area contributed by atoms with Gasteiger partial charge in [-0.1, -0.05) is 12.1 Å². The third-order valence-corrected chi connectivity index (χ3v) is 3.72. The molecular formula is C14H12FNO4S. The summed E-state index contributed by atoms with van der Waals surface area (Å²) in [7, 11) is 0. The van der Waals surface area contributed by atoms with Gasteiger partial charge in [0.05, 0.1) is 4.91 Å². The number of halogens is 1. The van der Waals surface area contributed by atoms with Gasteiger partial charge in [-0.25, -0.2) is 4.39 Å². The Hall–Kier alpha value is -2.15. The van der Waals surface area contributed by atoms with Crippen molar-refractivity contribution in [1.29, 1.82) is 0 Å². The first-order valence-corrected chi connectivity index (χ1v) is 7.02. The highest BCUT2D eigenvalue weighted by molar-refractivity contribution is 8.18. The van der Waals surface area contributed by atoms with Crippen LogP contribution in [0.15, 0.2) is 29.2 Å². The summed E-state index contributed by atoms with van der Waals surface area (Å²) < 4.78 is 12.8. The van der Waals surface area contributed by atoms with E-state index in [1.165, 1.54) is 30.3 Å². The van der Waals surface area contributed by atoms with Crippen LogP contribution in [-0.4, -0.2) is 33.7 Å². The van der Waals surface area contributed by atoms with Crippen LogP contribution in [0.3, 0.4) is 0 Å². The average Bonchev–Trinajstić information content (AvgIpc) is 2.68. The first-order valence-electron chi connectivity index (χ1n) is 6.20. The van der Waals surface area contributed by atoms with Crippen molar-refractivity contribution >= 4 is 35.0 Å². The van der Waals surface area contributed by atoms with E-state index in [1.54, 1.807) is 0 Å². The lowest BCUT2D eigenvalue weighted by molar-refractivity contribution is -0.137. The summed E-state index contributed by atoms with van der Waals surface area (Å²) in [6, 6.07) is 5.55. The molecule has 1 fully saturated rings. The molecule has 0 aliphatic carbocycles. The van der Waals surface area contributed by atoms with Crippen LogP contribution in [0.1, 0.15) is 18.4 Å². The van der Waals surface area contributed by atoms with E-state index < -0.39 is 17.1 Å². The van der Waals surface area contributed by atoms with Crippen LogP contribution < -0.4 is 0 Å². The minimum atomic E-state index is -0.969. The van der Waals surface area contributed by atoms with E-state index in [-0.39, 0.29) is 30.1 Å². The van der Waals surface area contributed by atoms with Gasteiger partial charge in [0.1, 0.15) is 5.82 Å². The molecule has 1 aromatic carbocycles. The number of benzene rings is 1. The summed E-state index contributed by atoms with van der Waals surface area (Å²) in [4.78, 5) is 35.5. The molecule has 110 valence electrons. The van der Waals surface area contributed by atoms with Crippen molar-refractivity contribution in [2.45, 2.75) is 12.8 Å². The number of hydrogen-bond acceptors (Lipinski definition) is 4. The van der Waals surface area contributed by atoms with Crippen LogP contribution in [-0.2, 0) is 9.59 Å². The lowest BCUT2D eigenvalue weighted by Gasteiger charge is -2.10. The molecule has 0 saturated carbocycles. The summed E-state index contributed by atoms with van der Waals surface area (Å²) in [6.07, 6.45) is 1.64. The predicted octanol–water partition coefficient (Wildman–Crippen LogP) is 2.73. The number of nitrogens with zero attached hydrogens (tertiary/aromatic N) is 1. The van der Waals surface area contributed by atoms with Crippen LogP contribution >= 0.6 is 11.8 Å². The van der Waals surface area contributed by atoms with Crippen molar-refractivity contribution < 1.29 is 23.9 Å². The Labute approximate surface area is 124 Å². The second-order valence-electron chi connectivity index (χ2n) is 4.38. The number of imide groups is 1. The van der Waals surface area contributed by atoms with Gasteiger partial charge in [0, 0.05) is 13.0 Å². The Morgan fingerprint density at radius 3 is 2.57 bits per heavy atom. The highest BCUT2D eigenvalue weighted by atomic mass is 32.2. The fourth-order valence-electron chi connectivity index (χ4n) is 1.79. The monoisotopic (exact) mass is 309 g/mol. The van der Waals surface area contributed by atoms with Crippen LogP contribution in [0.25, 0.3) is 6.08 Å². The minimum Gasteiger partial charge on any atom is -0.481 e. The largest absolute Gasteiger partial charge is 0.481 e. The second kappa shape index (κ2) is 6.53. The summed E-state index contributed by atoms with van der Waals surface area (Å²) >= 11 is 0.797. The molecule has 0 aromatic heterocycles.